The third-order valence-electron chi connectivity index (χ3n) is 5.89. The molecule has 0 aliphatic carbocycles. The van der Waals surface area contributed by atoms with E-state index >= 15 is 0 Å². The summed E-state index contributed by atoms with van der Waals surface area (Å²) in [5, 5.41) is 0.990. The third kappa shape index (κ3) is 6.20. The minimum Gasteiger partial charge on any atom is -0.465 e. The number of esters is 1. The summed E-state index contributed by atoms with van der Waals surface area (Å²) in [5.41, 5.74) is -0.400. The Morgan fingerprint density at radius 3 is 2.59 bits per heavy atom. The standard InChI is InChI=1S/C22H36N2O3S2/c1-16(2)15-22(5,17(3)4)20(25)27-12-9-7-6-8-10-23-18(28)14-19-24(21(23)26)11-13-29-19/h14,16-17H,6-13,15H2,1-5H3. The normalized spacial score (nSPS) is 15.6. The zero-order chi connectivity index (χ0) is 21.6. The average Bonchev–Trinajstić information content (AvgIpc) is 3.10. The van der Waals surface area contributed by atoms with Gasteiger partial charge >= 0.3 is 11.7 Å². The number of carbonyl (C=O) groups is 1. The number of carbonyl (C=O) groups excluding carboxylic acids is 1. The molecule has 0 bridgehead atoms. The summed E-state index contributed by atoms with van der Waals surface area (Å²) in [5.74, 6) is 1.59. The summed E-state index contributed by atoms with van der Waals surface area (Å²) >= 11 is 7.09. The van der Waals surface area contributed by atoms with E-state index in [9.17, 15) is 9.59 Å². The Kier molecular flexibility index (Phi) is 9.01. The molecule has 5 nitrogen and oxygen atoms in total. The molecule has 2 rings (SSSR count). The van der Waals surface area contributed by atoms with Crippen molar-refractivity contribution in [3.8, 4) is 0 Å². The van der Waals surface area contributed by atoms with Crippen molar-refractivity contribution >= 4 is 29.9 Å². The first-order valence-electron chi connectivity index (χ1n) is 10.8. The number of nitrogens with zero attached hydrogens (tertiary/aromatic N) is 2. The molecule has 0 aromatic carbocycles. The van der Waals surface area contributed by atoms with Gasteiger partial charge in [-0.1, -0.05) is 46.3 Å². The second-order valence-electron chi connectivity index (χ2n) is 8.98. The fourth-order valence-electron chi connectivity index (χ4n) is 3.83. The Bertz CT molecular complexity index is 813. The topological polar surface area (TPSA) is 53.2 Å². The zero-order valence-corrected chi connectivity index (χ0v) is 20.2. The molecule has 1 aliphatic rings. The molecule has 0 amide bonds. The number of fused-ring (bicyclic) bond motifs is 1. The number of aromatic nitrogens is 2. The van der Waals surface area contributed by atoms with Gasteiger partial charge in [-0.2, -0.15) is 0 Å². The SMILES string of the molecule is CC(C)CC(C)(C(=O)OCCCCCCn1c(=S)cc2n(c1=O)CCS2)C(C)C. The van der Waals surface area contributed by atoms with E-state index in [1.54, 1.807) is 16.3 Å². The minimum atomic E-state index is -0.418. The van der Waals surface area contributed by atoms with Gasteiger partial charge in [0.1, 0.15) is 4.64 Å². The van der Waals surface area contributed by atoms with Crippen LogP contribution >= 0.6 is 24.0 Å². The van der Waals surface area contributed by atoms with Crippen LogP contribution in [-0.2, 0) is 22.6 Å². The lowest BCUT2D eigenvalue weighted by Crippen LogP contribution is -2.36. The van der Waals surface area contributed by atoms with Gasteiger partial charge in [-0.05, 0) is 44.4 Å². The lowest BCUT2D eigenvalue weighted by atomic mass is 9.73. The van der Waals surface area contributed by atoms with E-state index in [4.69, 9.17) is 17.0 Å². The van der Waals surface area contributed by atoms with Crippen LogP contribution < -0.4 is 5.69 Å². The van der Waals surface area contributed by atoms with E-state index in [1.165, 1.54) is 0 Å². The van der Waals surface area contributed by atoms with E-state index in [-0.39, 0.29) is 17.6 Å². The van der Waals surface area contributed by atoms with Gasteiger partial charge in [0.25, 0.3) is 0 Å². The molecule has 0 radical (unpaired) electrons. The van der Waals surface area contributed by atoms with Crippen LogP contribution in [0.3, 0.4) is 0 Å². The lowest BCUT2D eigenvalue weighted by molar-refractivity contribution is -0.159. The molecule has 0 fully saturated rings. The van der Waals surface area contributed by atoms with Crippen LogP contribution in [0.15, 0.2) is 15.9 Å². The van der Waals surface area contributed by atoms with Crippen LogP contribution in [0.2, 0.25) is 0 Å². The highest BCUT2D eigenvalue weighted by Gasteiger charge is 2.38. The van der Waals surface area contributed by atoms with Crippen LogP contribution in [0.1, 0.15) is 66.7 Å². The largest absolute Gasteiger partial charge is 0.465 e. The number of rotatable bonds is 11. The van der Waals surface area contributed by atoms with Crippen molar-refractivity contribution in [2.75, 3.05) is 12.4 Å². The number of ether oxygens (including phenoxy) is 1. The summed E-state index contributed by atoms with van der Waals surface area (Å²) in [6.45, 7) is 12.4. The van der Waals surface area contributed by atoms with Crippen LogP contribution in [0.4, 0.5) is 0 Å². The summed E-state index contributed by atoms with van der Waals surface area (Å²) < 4.78 is 9.77. The van der Waals surface area contributed by atoms with E-state index in [1.807, 2.05) is 17.6 Å². The summed E-state index contributed by atoms with van der Waals surface area (Å²) in [6, 6.07) is 1.94. The summed E-state index contributed by atoms with van der Waals surface area (Å²) in [7, 11) is 0. The minimum absolute atomic E-state index is 0.0181. The first-order valence-corrected chi connectivity index (χ1v) is 12.2. The monoisotopic (exact) mass is 440 g/mol. The van der Waals surface area contributed by atoms with Gasteiger partial charge in [0.05, 0.1) is 17.0 Å². The highest BCUT2D eigenvalue weighted by atomic mass is 32.2. The van der Waals surface area contributed by atoms with Gasteiger partial charge in [0.2, 0.25) is 0 Å². The van der Waals surface area contributed by atoms with E-state index in [0.29, 0.717) is 23.7 Å². The van der Waals surface area contributed by atoms with Crippen molar-refractivity contribution in [1.29, 1.82) is 0 Å². The van der Waals surface area contributed by atoms with Gasteiger partial charge in [-0.25, -0.2) is 4.79 Å². The maximum absolute atomic E-state index is 12.6. The van der Waals surface area contributed by atoms with E-state index < -0.39 is 5.41 Å². The molecule has 2 heterocycles. The molecule has 1 aromatic heterocycles. The Hall–Kier alpha value is -1.08. The fraction of sp³-hybridized carbons (Fsp3) is 0.773. The number of unbranched alkanes of at least 4 members (excludes halogenated alkanes) is 3. The summed E-state index contributed by atoms with van der Waals surface area (Å²) in [4.78, 5) is 25.1. The Balaban J connectivity index is 1.72. The molecule has 0 saturated heterocycles. The van der Waals surface area contributed by atoms with Crippen molar-refractivity contribution in [1.82, 2.24) is 9.13 Å². The molecule has 7 heteroatoms. The lowest BCUT2D eigenvalue weighted by Gasteiger charge is -2.32. The maximum Gasteiger partial charge on any atom is 0.330 e. The molecule has 164 valence electrons. The second kappa shape index (κ2) is 10.8. The van der Waals surface area contributed by atoms with Gasteiger partial charge in [0.15, 0.2) is 0 Å². The van der Waals surface area contributed by atoms with Gasteiger partial charge in [0, 0.05) is 24.9 Å². The predicted octanol–water partition coefficient (Wildman–Crippen LogP) is 5.30. The Labute approximate surface area is 184 Å². The van der Waals surface area contributed by atoms with Crippen LogP contribution in [0.5, 0.6) is 0 Å². The smallest absolute Gasteiger partial charge is 0.330 e. The third-order valence-corrected chi connectivity index (χ3v) is 7.25. The van der Waals surface area contributed by atoms with Crippen molar-refractivity contribution < 1.29 is 9.53 Å². The van der Waals surface area contributed by atoms with Gasteiger partial charge in [-0.15, -0.1) is 11.8 Å². The average molecular weight is 441 g/mol. The van der Waals surface area contributed by atoms with Crippen molar-refractivity contribution in [2.24, 2.45) is 17.3 Å². The quantitative estimate of drug-likeness (QED) is 0.202. The molecular formula is C22H36N2O3S2. The Morgan fingerprint density at radius 2 is 1.93 bits per heavy atom. The van der Waals surface area contributed by atoms with Crippen LogP contribution in [-0.4, -0.2) is 27.5 Å². The first-order chi connectivity index (χ1) is 13.7. The predicted molar refractivity (Wildman–Crippen MR) is 122 cm³/mol. The number of hydrogen-bond acceptors (Lipinski definition) is 5. The molecule has 1 atom stereocenters. The maximum atomic E-state index is 12.6. The Morgan fingerprint density at radius 1 is 1.24 bits per heavy atom. The number of thioether (sulfide) groups is 1. The zero-order valence-electron chi connectivity index (χ0n) is 18.5. The van der Waals surface area contributed by atoms with Gasteiger partial charge < -0.3 is 4.74 Å². The number of hydrogen-bond donors (Lipinski definition) is 0. The summed E-state index contributed by atoms with van der Waals surface area (Å²) in [6.07, 6.45) is 4.57. The molecular weight excluding hydrogens is 404 g/mol. The molecule has 29 heavy (non-hydrogen) atoms. The van der Waals surface area contributed by atoms with Crippen LogP contribution in [0, 0.1) is 21.9 Å². The molecule has 1 unspecified atom stereocenters. The first kappa shape index (κ1) is 24.2. The highest BCUT2D eigenvalue weighted by Crippen LogP contribution is 2.35. The van der Waals surface area contributed by atoms with E-state index in [2.05, 4.69) is 27.7 Å². The highest BCUT2D eigenvalue weighted by molar-refractivity contribution is 7.99. The fourth-order valence-corrected chi connectivity index (χ4v) is 5.19. The molecule has 1 aromatic rings. The van der Waals surface area contributed by atoms with E-state index in [0.717, 1.165) is 49.4 Å². The van der Waals surface area contributed by atoms with Crippen molar-refractivity contribution in [3.63, 3.8) is 0 Å². The van der Waals surface area contributed by atoms with Crippen LogP contribution in [0.25, 0.3) is 0 Å². The van der Waals surface area contributed by atoms with Crippen molar-refractivity contribution in [2.45, 2.75) is 84.8 Å². The molecule has 0 saturated carbocycles. The molecule has 0 spiro atoms. The molecule has 0 N–H and O–H groups in total. The van der Waals surface area contributed by atoms with Gasteiger partial charge in [-0.3, -0.25) is 13.9 Å². The second-order valence-corrected chi connectivity index (χ2v) is 10.5. The van der Waals surface area contributed by atoms with Crippen molar-refractivity contribution in [3.05, 3.63) is 21.2 Å². The molecule has 1 aliphatic heterocycles.